The highest BCUT2D eigenvalue weighted by Gasteiger charge is 2.41. The Kier molecular flexibility index (Phi) is 1.95. The van der Waals surface area contributed by atoms with Gasteiger partial charge in [-0.05, 0) is 25.8 Å². The molecule has 68 valence electrons. The van der Waals surface area contributed by atoms with E-state index in [1.165, 1.54) is 6.42 Å². The van der Waals surface area contributed by atoms with Crippen molar-refractivity contribution in [2.45, 2.75) is 32.6 Å². The highest BCUT2D eigenvalue weighted by molar-refractivity contribution is 5.87. The highest BCUT2D eigenvalue weighted by Crippen LogP contribution is 2.37. The Hall–Kier alpha value is -0.370. The second-order valence-electron chi connectivity index (χ2n) is 4.48. The van der Waals surface area contributed by atoms with E-state index in [4.69, 9.17) is 0 Å². The number of rotatable bonds is 2. The molecule has 1 saturated carbocycles. The van der Waals surface area contributed by atoms with Gasteiger partial charge in [-0.3, -0.25) is 4.79 Å². The minimum atomic E-state index is -0.0227. The molecule has 0 aromatic heterocycles. The van der Waals surface area contributed by atoms with Crippen molar-refractivity contribution in [3.8, 4) is 0 Å². The minimum Gasteiger partial charge on any atom is -0.316 e. The molecule has 1 aliphatic carbocycles. The first-order valence-electron chi connectivity index (χ1n) is 4.97. The molecule has 2 nitrogen and oxygen atoms in total. The maximum Gasteiger partial charge on any atom is 0.143 e. The number of carbonyl (C=O) groups is 1. The molecule has 2 aliphatic rings. The van der Waals surface area contributed by atoms with Gasteiger partial charge in [0.1, 0.15) is 5.78 Å². The standard InChI is InChI=1S/C10H17NO/c1-10(5-6-11-7-10)9(12)8-3-2-4-8/h8,11H,2-7H2,1H3. The Morgan fingerprint density at radius 1 is 1.50 bits per heavy atom. The first kappa shape index (κ1) is 8.24. The Morgan fingerprint density at radius 3 is 2.67 bits per heavy atom. The molecule has 1 heterocycles. The van der Waals surface area contributed by atoms with Gasteiger partial charge in [-0.25, -0.2) is 0 Å². The van der Waals surface area contributed by atoms with Crippen molar-refractivity contribution in [2.24, 2.45) is 11.3 Å². The minimum absolute atomic E-state index is 0.0227. The molecule has 1 saturated heterocycles. The lowest BCUT2D eigenvalue weighted by Gasteiger charge is -2.32. The van der Waals surface area contributed by atoms with Crippen LogP contribution >= 0.6 is 0 Å². The summed E-state index contributed by atoms with van der Waals surface area (Å²) < 4.78 is 0. The maximum atomic E-state index is 11.9. The van der Waals surface area contributed by atoms with Gasteiger partial charge in [-0.15, -0.1) is 0 Å². The molecular weight excluding hydrogens is 150 g/mol. The lowest BCUT2D eigenvalue weighted by atomic mass is 9.71. The molecule has 1 atom stereocenters. The van der Waals surface area contributed by atoms with Gasteiger partial charge in [0.15, 0.2) is 0 Å². The molecule has 12 heavy (non-hydrogen) atoms. The van der Waals surface area contributed by atoms with Crippen LogP contribution in [0.15, 0.2) is 0 Å². The third-order valence-corrected chi connectivity index (χ3v) is 3.44. The Bertz CT molecular complexity index is 190. The van der Waals surface area contributed by atoms with Crippen LogP contribution in [-0.2, 0) is 4.79 Å². The molecule has 0 amide bonds. The van der Waals surface area contributed by atoms with Gasteiger partial charge in [0, 0.05) is 17.9 Å². The molecule has 2 rings (SSSR count). The number of carbonyl (C=O) groups excluding carboxylic acids is 1. The predicted octanol–water partition coefficient (Wildman–Crippen LogP) is 1.36. The van der Waals surface area contributed by atoms with Crippen LogP contribution in [-0.4, -0.2) is 18.9 Å². The van der Waals surface area contributed by atoms with Gasteiger partial charge >= 0.3 is 0 Å². The van der Waals surface area contributed by atoms with Crippen molar-refractivity contribution in [3.63, 3.8) is 0 Å². The van der Waals surface area contributed by atoms with Gasteiger partial charge in [0.25, 0.3) is 0 Å². The average molecular weight is 167 g/mol. The largest absolute Gasteiger partial charge is 0.316 e. The van der Waals surface area contributed by atoms with Gasteiger partial charge in [0.05, 0.1) is 0 Å². The number of hydrogen-bond donors (Lipinski definition) is 1. The zero-order valence-electron chi connectivity index (χ0n) is 7.73. The van der Waals surface area contributed by atoms with Gasteiger partial charge < -0.3 is 5.32 Å². The summed E-state index contributed by atoms with van der Waals surface area (Å²) in [6, 6.07) is 0. The van der Waals surface area contributed by atoms with E-state index in [1.807, 2.05) is 0 Å². The van der Waals surface area contributed by atoms with Crippen LogP contribution in [0.4, 0.5) is 0 Å². The summed E-state index contributed by atoms with van der Waals surface area (Å²) in [6.45, 7) is 4.05. The van der Waals surface area contributed by atoms with Crippen molar-refractivity contribution in [2.75, 3.05) is 13.1 Å². The predicted molar refractivity (Wildman–Crippen MR) is 47.9 cm³/mol. The van der Waals surface area contributed by atoms with E-state index in [9.17, 15) is 4.79 Å². The quantitative estimate of drug-likeness (QED) is 0.672. The molecule has 0 bridgehead atoms. The first-order valence-corrected chi connectivity index (χ1v) is 4.97. The fourth-order valence-electron chi connectivity index (χ4n) is 2.19. The van der Waals surface area contributed by atoms with Crippen LogP contribution < -0.4 is 5.32 Å². The molecule has 0 aromatic carbocycles. The van der Waals surface area contributed by atoms with Crippen molar-refractivity contribution in [3.05, 3.63) is 0 Å². The van der Waals surface area contributed by atoms with Crippen LogP contribution in [0.2, 0.25) is 0 Å². The summed E-state index contributed by atoms with van der Waals surface area (Å²) in [5.74, 6) is 0.939. The fourth-order valence-corrected chi connectivity index (χ4v) is 2.19. The van der Waals surface area contributed by atoms with E-state index < -0.39 is 0 Å². The topological polar surface area (TPSA) is 29.1 Å². The van der Waals surface area contributed by atoms with E-state index in [0.717, 1.165) is 32.4 Å². The SMILES string of the molecule is CC1(C(=O)C2CCC2)CCNC1. The van der Waals surface area contributed by atoms with E-state index in [1.54, 1.807) is 0 Å². The van der Waals surface area contributed by atoms with Crippen LogP contribution in [0.3, 0.4) is 0 Å². The summed E-state index contributed by atoms with van der Waals surface area (Å²) in [5, 5.41) is 3.28. The number of Topliss-reactive ketones (excluding diaryl/α,β-unsaturated/α-hetero) is 1. The van der Waals surface area contributed by atoms with E-state index in [-0.39, 0.29) is 5.41 Å². The van der Waals surface area contributed by atoms with Crippen LogP contribution in [0.25, 0.3) is 0 Å². The van der Waals surface area contributed by atoms with Crippen molar-refractivity contribution < 1.29 is 4.79 Å². The Balaban J connectivity index is 2.01. The third kappa shape index (κ3) is 1.18. The lowest BCUT2D eigenvalue weighted by Crippen LogP contribution is -2.38. The molecule has 1 unspecified atom stereocenters. The van der Waals surface area contributed by atoms with E-state index in [2.05, 4.69) is 12.2 Å². The number of ketones is 1. The first-order chi connectivity index (χ1) is 5.72. The monoisotopic (exact) mass is 167 g/mol. The summed E-state index contributed by atoms with van der Waals surface area (Å²) in [7, 11) is 0. The van der Waals surface area contributed by atoms with Gasteiger partial charge in [-0.1, -0.05) is 13.3 Å². The van der Waals surface area contributed by atoms with Crippen molar-refractivity contribution in [1.29, 1.82) is 0 Å². The summed E-state index contributed by atoms with van der Waals surface area (Å²) in [5.41, 5.74) is -0.0227. The number of nitrogens with one attached hydrogen (secondary N) is 1. The molecule has 2 fully saturated rings. The highest BCUT2D eigenvalue weighted by atomic mass is 16.1. The van der Waals surface area contributed by atoms with E-state index in [0.29, 0.717) is 11.7 Å². The molecule has 0 spiro atoms. The molecule has 0 aromatic rings. The fraction of sp³-hybridized carbons (Fsp3) is 0.900. The second-order valence-corrected chi connectivity index (χ2v) is 4.48. The molecule has 2 heteroatoms. The maximum absolute atomic E-state index is 11.9. The van der Waals surface area contributed by atoms with Crippen LogP contribution in [0.5, 0.6) is 0 Å². The zero-order valence-corrected chi connectivity index (χ0v) is 7.73. The van der Waals surface area contributed by atoms with Crippen molar-refractivity contribution >= 4 is 5.78 Å². The number of hydrogen-bond acceptors (Lipinski definition) is 2. The lowest BCUT2D eigenvalue weighted by molar-refractivity contribution is -0.133. The molecular formula is C10H17NO. The molecule has 0 radical (unpaired) electrons. The van der Waals surface area contributed by atoms with Gasteiger partial charge in [-0.2, -0.15) is 0 Å². The Morgan fingerprint density at radius 2 is 2.25 bits per heavy atom. The van der Waals surface area contributed by atoms with Crippen molar-refractivity contribution in [1.82, 2.24) is 5.32 Å². The summed E-state index contributed by atoms with van der Waals surface area (Å²) in [6.07, 6.45) is 4.60. The van der Waals surface area contributed by atoms with Crippen LogP contribution in [0.1, 0.15) is 32.6 Å². The summed E-state index contributed by atoms with van der Waals surface area (Å²) in [4.78, 5) is 11.9. The van der Waals surface area contributed by atoms with Gasteiger partial charge in [0.2, 0.25) is 0 Å². The second kappa shape index (κ2) is 2.84. The zero-order chi connectivity index (χ0) is 8.60. The molecule has 1 aliphatic heterocycles. The average Bonchev–Trinajstić information content (AvgIpc) is 2.33. The summed E-state index contributed by atoms with van der Waals surface area (Å²) >= 11 is 0. The molecule has 1 N–H and O–H groups in total. The third-order valence-electron chi connectivity index (χ3n) is 3.44. The van der Waals surface area contributed by atoms with E-state index >= 15 is 0 Å². The Labute approximate surface area is 73.7 Å². The smallest absolute Gasteiger partial charge is 0.143 e. The van der Waals surface area contributed by atoms with Crippen LogP contribution in [0, 0.1) is 11.3 Å². The normalized spacial score (nSPS) is 36.4.